The van der Waals surface area contributed by atoms with Crippen molar-refractivity contribution in [3.05, 3.63) is 35.9 Å². The van der Waals surface area contributed by atoms with E-state index in [4.69, 9.17) is 15.3 Å². The number of aromatic hydroxyl groups is 1. The molecule has 8 nitrogen and oxygen atoms in total. The third kappa shape index (κ3) is 5.25. The predicted octanol–water partition coefficient (Wildman–Crippen LogP) is 0.239. The van der Waals surface area contributed by atoms with Crippen LogP contribution in [-0.2, 0) is 19.1 Å². The Kier molecular flexibility index (Phi) is 5.65. The van der Waals surface area contributed by atoms with Crippen molar-refractivity contribution in [2.24, 2.45) is 0 Å². The monoisotopic (exact) mass is 310 g/mol. The fourth-order valence-corrected chi connectivity index (χ4v) is 1.43. The third-order valence-electron chi connectivity index (χ3n) is 2.60. The summed E-state index contributed by atoms with van der Waals surface area (Å²) < 4.78 is 4.55. The summed E-state index contributed by atoms with van der Waals surface area (Å²) in [6.45, 7) is -0.993. The van der Waals surface area contributed by atoms with Gasteiger partial charge in [-0.15, -0.1) is 0 Å². The largest absolute Gasteiger partial charge is 0.508 e. The first-order valence-corrected chi connectivity index (χ1v) is 6.04. The molecule has 1 aromatic rings. The number of aliphatic carboxylic acids is 2. The van der Waals surface area contributed by atoms with Gasteiger partial charge in [0, 0.05) is 6.08 Å². The average molecular weight is 310 g/mol. The maximum atomic E-state index is 11.4. The van der Waals surface area contributed by atoms with Crippen molar-refractivity contribution in [3.63, 3.8) is 0 Å². The SMILES string of the molecule is O=C(O)C[C@](O)(COC(=O)/C=C\c1ccc(O)cc1)C(=O)O. The van der Waals surface area contributed by atoms with Crippen molar-refractivity contribution in [3.8, 4) is 5.75 Å². The van der Waals surface area contributed by atoms with Crippen molar-refractivity contribution >= 4 is 24.0 Å². The Balaban J connectivity index is 2.62. The first-order chi connectivity index (χ1) is 10.2. The van der Waals surface area contributed by atoms with Crippen LogP contribution in [0.1, 0.15) is 12.0 Å². The molecule has 118 valence electrons. The lowest BCUT2D eigenvalue weighted by atomic mass is 10.0. The summed E-state index contributed by atoms with van der Waals surface area (Å²) in [5.41, 5.74) is -2.11. The number of carboxylic acids is 2. The quantitative estimate of drug-likeness (QED) is 0.414. The molecular weight excluding hydrogens is 296 g/mol. The summed E-state index contributed by atoms with van der Waals surface area (Å²) in [6, 6.07) is 5.86. The molecule has 8 heteroatoms. The predicted molar refractivity (Wildman–Crippen MR) is 72.9 cm³/mol. The van der Waals surface area contributed by atoms with Gasteiger partial charge in [-0.3, -0.25) is 4.79 Å². The number of ether oxygens (including phenoxy) is 1. The fourth-order valence-electron chi connectivity index (χ4n) is 1.43. The summed E-state index contributed by atoms with van der Waals surface area (Å²) in [7, 11) is 0. The molecule has 0 aliphatic rings. The minimum absolute atomic E-state index is 0.0555. The molecule has 0 radical (unpaired) electrons. The van der Waals surface area contributed by atoms with E-state index in [2.05, 4.69) is 4.74 Å². The Labute approximate surface area is 124 Å². The number of carbonyl (C=O) groups excluding carboxylic acids is 1. The van der Waals surface area contributed by atoms with E-state index in [0.29, 0.717) is 5.56 Å². The molecule has 22 heavy (non-hydrogen) atoms. The van der Waals surface area contributed by atoms with Gasteiger partial charge >= 0.3 is 17.9 Å². The Morgan fingerprint density at radius 1 is 1.14 bits per heavy atom. The molecule has 0 saturated carbocycles. The standard InChI is InChI=1S/C14H14O8/c15-10-4-1-9(2-5-10)3-6-12(18)22-8-14(21,13(19)20)7-11(16)17/h1-6,15,21H,7-8H2,(H,16,17)(H,19,20)/b6-3-/t14-/m0/s1. The highest BCUT2D eigenvalue weighted by atomic mass is 16.5. The van der Waals surface area contributed by atoms with Crippen LogP contribution in [0.15, 0.2) is 30.3 Å². The summed E-state index contributed by atoms with van der Waals surface area (Å²) >= 11 is 0. The topological polar surface area (TPSA) is 141 Å². The molecule has 0 aliphatic carbocycles. The van der Waals surface area contributed by atoms with E-state index in [0.717, 1.165) is 6.08 Å². The summed E-state index contributed by atoms with van der Waals surface area (Å²) in [5, 5.41) is 36.0. The number of carbonyl (C=O) groups is 3. The molecule has 1 atom stereocenters. The second kappa shape index (κ2) is 7.23. The number of carboxylic acid groups (broad SMARTS) is 2. The first kappa shape index (κ1) is 17.2. The maximum absolute atomic E-state index is 11.4. The molecule has 0 amide bonds. The number of phenols is 1. The van der Waals surface area contributed by atoms with Crippen LogP contribution >= 0.6 is 0 Å². The van der Waals surface area contributed by atoms with Crippen LogP contribution in [0.4, 0.5) is 0 Å². The van der Waals surface area contributed by atoms with Crippen molar-refractivity contribution in [2.75, 3.05) is 6.61 Å². The molecule has 0 aliphatic heterocycles. The molecule has 0 saturated heterocycles. The molecule has 1 rings (SSSR count). The number of aliphatic hydroxyl groups is 1. The summed E-state index contributed by atoms with van der Waals surface area (Å²) in [4.78, 5) is 32.8. The van der Waals surface area contributed by atoms with Crippen LogP contribution in [-0.4, -0.2) is 50.5 Å². The van der Waals surface area contributed by atoms with Crippen LogP contribution in [0.2, 0.25) is 0 Å². The Bertz CT molecular complexity index is 589. The van der Waals surface area contributed by atoms with Gasteiger partial charge in [0.25, 0.3) is 0 Å². The Morgan fingerprint density at radius 3 is 2.23 bits per heavy atom. The van der Waals surface area contributed by atoms with Gasteiger partial charge in [0.05, 0.1) is 6.42 Å². The van der Waals surface area contributed by atoms with E-state index in [1.54, 1.807) is 0 Å². The van der Waals surface area contributed by atoms with Gasteiger partial charge in [-0.1, -0.05) is 12.1 Å². The van der Waals surface area contributed by atoms with Gasteiger partial charge in [-0.25, -0.2) is 9.59 Å². The number of hydrogen-bond acceptors (Lipinski definition) is 6. The number of esters is 1. The minimum Gasteiger partial charge on any atom is -0.508 e. The van der Waals surface area contributed by atoms with Gasteiger partial charge < -0.3 is 25.2 Å². The van der Waals surface area contributed by atoms with Gasteiger partial charge in [-0.2, -0.15) is 0 Å². The molecule has 0 bridgehead atoms. The molecule has 0 aromatic heterocycles. The third-order valence-corrected chi connectivity index (χ3v) is 2.60. The lowest BCUT2D eigenvalue weighted by Gasteiger charge is -2.20. The van der Waals surface area contributed by atoms with Gasteiger partial charge in [0.15, 0.2) is 0 Å². The summed E-state index contributed by atoms with van der Waals surface area (Å²) in [5.74, 6) is -4.23. The van der Waals surface area contributed by atoms with E-state index in [-0.39, 0.29) is 5.75 Å². The van der Waals surface area contributed by atoms with E-state index < -0.39 is 36.5 Å². The van der Waals surface area contributed by atoms with Crippen LogP contribution in [0, 0.1) is 0 Å². The van der Waals surface area contributed by atoms with Crippen molar-refractivity contribution < 1.29 is 39.5 Å². The number of benzene rings is 1. The highest BCUT2D eigenvalue weighted by Crippen LogP contribution is 2.13. The molecule has 0 spiro atoms. The van der Waals surface area contributed by atoms with Crippen LogP contribution in [0.25, 0.3) is 6.08 Å². The van der Waals surface area contributed by atoms with Crippen molar-refractivity contribution in [2.45, 2.75) is 12.0 Å². The van der Waals surface area contributed by atoms with Gasteiger partial charge in [-0.05, 0) is 23.8 Å². The molecule has 0 fully saturated rings. The van der Waals surface area contributed by atoms with Crippen LogP contribution < -0.4 is 0 Å². The zero-order valence-electron chi connectivity index (χ0n) is 11.3. The van der Waals surface area contributed by atoms with Crippen molar-refractivity contribution in [1.82, 2.24) is 0 Å². The Hall–Kier alpha value is -2.87. The highest BCUT2D eigenvalue weighted by molar-refractivity contribution is 5.88. The van der Waals surface area contributed by atoms with Gasteiger partial charge in [0.2, 0.25) is 5.60 Å². The van der Waals surface area contributed by atoms with Crippen LogP contribution in [0.5, 0.6) is 5.75 Å². The number of rotatable bonds is 7. The highest BCUT2D eigenvalue weighted by Gasteiger charge is 2.40. The second-order valence-corrected chi connectivity index (χ2v) is 4.44. The number of phenolic OH excluding ortho intramolecular Hbond substituents is 1. The minimum atomic E-state index is -2.69. The Morgan fingerprint density at radius 2 is 1.73 bits per heavy atom. The average Bonchev–Trinajstić information content (AvgIpc) is 2.43. The van der Waals surface area contributed by atoms with Crippen molar-refractivity contribution in [1.29, 1.82) is 0 Å². The first-order valence-electron chi connectivity index (χ1n) is 6.04. The van der Waals surface area contributed by atoms with E-state index in [1.807, 2.05) is 0 Å². The smallest absolute Gasteiger partial charge is 0.339 e. The van der Waals surface area contributed by atoms with Crippen LogP contribution in [0.3, 0.4) is 0 Å². The molecule has 4 N–H and O–H groups in total. The van der Waals surface area contributed by atoms with E-state index >= 15 is 0 Å². The van der Waals surface area contributed by atoms with E-state index in [1.165, 1.54) is 30.3 Å². The number of hydrogen-bond donors (Lipinski definition) is 4. The second-order valence-electron chi connectivity index (χ2n) is 4.44. The van der Waals surface area contributed by atoms with Gasteiger partial charge in [0.1, 0.15) is 12.4 Å². The summed E-state index contributed by atoms with van der Waals surface area (Å²) in [6.07, 6.45) is 1.23. The molecule has 1 aromatic carbocycles. The lowest BCUT2D eigenvalue weighted by molar-refractivity contribution is -0.174. The molecule has 0 heterocycles. The molecule has 0 unspecified atom stereocenters. The zero-order chi connectivity index (χ0) is 16.8. The normalized spacial score (nSPS) is 13.5. The maximum Gasteiger partial charge on any atom is 0.339 e. The molecular formula is C14H14O8. The van der Waals surface area contributed by atoms with E-state index in [9.17, 15) is 19.5 Å². The zero-order valence-corrected chi connectivity index (χ0v) is 11.3. The fraction of sp³-hybridized carbons (Fsp3) is 0.214. The lowest BCUT2D eigenvalue weighted by Crippen LogP contribution is -2.45.